The van der Waals surface area contributed by atoms with E-state index in [-0.39, 0.29) is 22.4 Å². The number of hydrogen-bond acceptors (Lipinski definition) is 3. The standard InChI is InChI=1S/C30H28N4O3/c1-17-9-7-11-23(14-17)33-28(35)26(27(30(33)37)32-15-18(2)13-19(3)16-32)25-22(6)31-34(29(25)36)24-12-8-10-20(4)21(24)5/h7-16H,1-6H3/p+1. The lowest BCUT2D eigenvalue weighted by atomic mass is 10.0. The number of H-pyrrole nitrogens is 1. The quantitative estimate of drug-likeness (QED) is 0.341. The van der Waals surface area contributed by atoms with Crippen molar-refractivity contribution in [2.24, 2.45) is 0 Å². The molecule has 186 valence electrons. The molecule has 2 amide bonds. The van der Waals surface area contributed by atoms with E-state index >= 15 is 0 Å². The molecule has 37 heavy (non-hydrogen) atoms. The number of benzene rings is 2. The summed E-state index contributed by atoms with van der Waals surface area (Å²) >= 11 is 0. The van der Waals surface area contributed by atoms with Crippen LogP contribution in [0.3, 0.4) is 0 Å². The molecule has 0 atom stereocenters. The lowest BCUT2D eigenvalue weighted by molar-refractivity contribution is -0.577. The Kier molecular flexibility index (Phi) is 5.79. The van der Waals surface area contributed by atoms with Gasteiger partial charge in [0.05, 0.1) is 16.9 Å². The van der Waals surface area contributed by atoms with E-state index in [1.807, 2.05) is 71.0 Å². The molecular formula is C30H29N4O3+. The van der Waals surface area contributed by atoms with Crippen molar-refractivity contribution in [2.75, 3.05) is 4.90 Å². The van der Waals surface area contributed by atoms with Crippen LogP contribution in [-0.4, -0.2) is 21.6 Å². The van der Waals surface area contributed by atoms with Crippen molar-refractivity contribution in [3.8, 4) is 5.69 Å². The van der Waals surface area contributed by atoms with Crippen molar-refractivity contribution >= 4 is 28.8 Å². The number of carbonyl (C=O) groups is 2. The Hall–Kier alpha value is -4.52. The molecule has 1 aliphatic heterocycles. The summed E-state index contributed by atoms with van der Waals surface area (Å²) in [6.45, 7) is 11.4. The minimum absolute atomic E-state index is 0.0873. The van der Waals surface area contributed by atoms with Crippen molar-refractivity contribution in [1.82, 2.24) is 9.78 Å². The van der Waals surface area contributed by atoms with Gasteiger partial charge in [0.15, 0.2) is 12.4 Å². The summed E-state index contributed by atoms with van der Waals surface area (Å²) < 4.78 is 3.13. The summed E-state index contributed by atoms with van der Waals surface area (Å²) in [6, 6.07) is 15.0. The van der Waals surface area contributed by atoms with Gasteiger partial charge in [0.2, 0.25) is 0 Å². The van der Waals surface area contributed by atoms with Crippen LogP contribution in [0.25, 0.3) is 17.0 Å². The monoisotopic (exact) mass is 493 g/mol. The number of aromatic amines is 1. The number of anilines is 1. The molecule has 0 bridgehead atoms. The number of nitrogens with one attached hydrogen (secondary N) is 1. The van der Waals surface area contributed by atoms with Crippen LogP contribution < -0.4 is 15.0 Å². The minimum atomic E-state index is -0.524. The smallest absolute Gasteiger partial charge is 0.295 e. The van der Waals surface area contributed by atoms with Crippen LogP contribution >= 0.6 is 0 Å². The Labute approximate surface area is 215 Å². The Balaban J connectivity index is 1.80. The number of carbonyl (C=O) groups excluding carboxylic acids is 2. The number of rotatable bonds is 4. The van der Waals surface area contributed by atoms with Gasteiger partial charge in [-0.15, -0.1) is 0 Å². The third kappa shape index (κ3) is 3.93. The van der Waals surface area contributed by atoms with Crippen LogP contribution in [0, 0.1) is 41.5 Å². The maximum absolute atomic E-state index is 14.0. The number of pyridine rings is 1. The van der Waals surface area contributed by atoms with E-state index < -0.39 is 11.8 Å². The Morgan fingerprint density at radius 3 is 2.11 bits per heavy atom. The summed E-state index contributed by atoms with van der Waals surface area (Å²) in [5.41, 5.74) is 6.51. The largest absolute Gasteiger partial charge is 0.331 e. The molecule has 7 heteroatoms. The topological polar surface area (TPSA) is 79.1 Å². The zero-order valence-electron chi connectivity index (χ0n) is 21.8. The van der Waals surface area contributed by atoms with Crippen molar-refractivity contribution in [3.05, 3.63) is 110 Å². The van der Waals surface area contributed by atoms with E-state index in [9.17, 15) is 14.4 Å². The number of aryl methyl sites for hydroxylation is 5. The van der Waals surface area contributed by atoms with E-state index in [2.05, 4.69) is 5.10 Å². The SMILES string of the molecule is Cc1cccc(N2C(=O)C(c3c(C)[nH]n(-c4cccc(C)c4C)c3=O)=C([n+]3cc(C)cc(C)c3)C2=O)c1. The zero-order chi connectivity index (χ0) is 26.6. The highest BCUT2D eigenvalue weighted by molar-refractivity contribution is 6.53. The highest BCUT2D eigenvalue weighted by Crippen LogP contribution is 2.34. The van der Waals surface area contributed by atoms with Gasteiger partial charge >= 0.3 is 5.91 Å². The fourth-order valence-corrected chi connectivity index (χ4v) is 5.01. The zero-order valence-corrected chi connectivity index (χ0v) is 21.8. The highest BCUT2D eigenvalue weighted by Gasteiger charge is 2.48. The van der Waals surface area contributed by atoms with Gasteiger partial charge in [-0.25, -0.2) is 9.58 Å². The third-order valence-electron chi connectivity index (χ3n) is 6.86. The fourth-order valence-electron chi connectivity index (χ4n) is 5.01. The van der Waals surface area contributed by atoms with E-state index in [1.165, 1.54) is 4.68 Å². The van der Waals surface area contributed by atoms with Crippen LogP contribution in [0.2, 0.25) is 0 Å². The molecule has 3 heterocycles. The second kappa shape index (κ2) is 8.85. The molecule has 5 rings (SSSR count). The number of imide groups is 1. The summed E-state index contributed by atoms with van der Waals surface area (Å²) in [5.74, 6) is -0.997. The Morgan fingerprint density at radius 2 is 1.43 bits per heavy atom. The van der Waals surface area contributed by atoms with Crippen LogP contribution in [0.4, 0.5) is 5.69 Å². The summed E-state index contributed by atoms with van der Waals surface area (Å²) in [5, 5.41) is 3.15. The van der Waals surface area contributed by atoms with Crippen LogP contribution in [-0.2, 0) is 9.59 Å². The van der Waals surface area contributed by atoms with Gasteiger partial charge in [-0.05, 0) is 82.5 Å². The second-order valence-corrected chi connectivity index (χ2v) is 9.78. The molecule has 2 aromatic heterocycles. The van der Waals surface area contributed by atoms with E-state index in [1.54, 1.807) is 36.0 Å². The normalized spacial score (nSPS) is 13.7. The third-order valence-corrected chi connectivity index (χ3v) is 6.86. The van der Waals surface area contributed by atoms with Gasteiger partial charge in [0.1, 0.15) is 5.57 Å². The van der Waals surface area contributed by atoms with Crippen LogP contribution in [0.5, 0.6) is 0 Å². The van der Waals surface area contributed by atoms with Crippen LogP contribution in [0.15, 0.2) is 65.7 Å². The minimum Gasteiger partial charge on any atom is -0.295 e. The highest BCUT2D eigenvalue weighted by atomic mass is 16.2. The molecule has 0 saturated carbocycles. The summed E-state index contributed by atoms with van der Waals surface area (Å²) in [4.78, 5) is 43.0. The molecule has 0 aliphatic carbocycles. The number of aromatic nitrogens is 3. The molecule has 4 aromatic rings. The molecule has 0 radical (unpaired) electrons. The molecule has 0 fully saturated rings. The first-order valence-electron chi connectivity index (χ1n) is 12.2. The second-order valence-electron chi connectivity index (χ2n) is 9.78. The average molecular weight is 494 g/mol. The summed E-state index contributed by atoms with van der Waals surface area (Å²) in [7, 11) is 0. The van der Waals surface area contributed by atoms with Gasteiger partial charge in [0, 0.05) is 16.8 Å². The molecule has 7 nitrogen and oxygen atoms in total. The van der Waals surface area contributed by atoms with Crippen molar-refractivity contribution in [3.63, 3.8) is 0 Å². The van der Waals surface area contributed by atoms with Gasteiger partial charge in [0.25, 0.3) is 17.2 Å². The first-order chi connectivity index (χ1) is 17.6. The van der Waals surface area contributed by atoms with Crippen LogP contribution in [0.1, 0.15) is 39.1 Å². The van der Waals surface area contributed by atoms with Crippen molar-refractivity contribution < 1.29 is 14.2 Å². The molecule has 0 saturated heterocycles. The lowest BCUT2D eigenvalue weighted by Crippen LogP contribution is -2.40. The Bertz CT molecular complexity index is 1680. The number of hydrogen-bond donors (Lipinski definition) is 1. The molecular weight excluding hydrogens is 464 g/mol. The predicted octanol–water partition coefficient (Wildman–Crippen LogP) is 4.25. The number of nitrogens with zero attached hydrogens (tertiary/aromatic N) is 3. The lowest BCUT2D eigenvalue weighted by Gasteiger charge is -2.14. The van der Waals surface area contributed by atoms with E-state index in [4.69, 9.17) is 0 Å². The molecule has 1 aliphatic rings. The van der Waals surface area contributed by atoms with Gasteiger partial charge in [-0.3, -0.25) is 19.5 Å². The van der Waals surface area contributed by atoms with E-state index in [0.717, 1.165) is 32.7 Å². The predicted molar refractivity (Wildman–Crippen MR) is 143 cm³/mol. The average Bonchev–Trinajstić information content (AvgIpc) is 3.25. The summed E-state index contributed by atoms with van der Waals surface area (Å²) in [6.07, 6.45) is 3.61. The first-order valence-corrected chi connectivity index (χ1v) is 12.2. The fraction of sp³-hybridized carbons (Fsp3) is 0.200. The first kappa shape index (κ1) is 24.2. The molecule has 0 unspecified atom stereocenters. The van der Waals surface area contributed by atoms with Gasteiger partial charge < -0.3 is 0 Å². The van der Waals surface area contributed by atoms with Crippen molar-refractivity contribution in [2.45, 2.75) is 41.5 Å². The Morgan fingerprint density at radius 1 is 0.757 bits per heavy atom. The maximum Gasteiger partial charge on any atom is 0.331 e. The number of amides is 2. The van der Waals surface area contributed by atoms with Gasteiger partial charge in [-0.2, -0.15) is 4.57 Å². The van der Waals surface area contributed by atoms with Crippen molar-refractivity contribution in [1.29, 1.82) is 0 Å². The van der Waals surface area contributed by atoms with E-state index in [0.29, 0.717) is 17.1 Å². The van der Waals surface area contributed by atoms with Gasteiger partial charge in [-0.1, -0.05) is 24.3 Å². The molecule has 2 aromatic carbocycles. The molecule has 1 N–H and O–H groups in total. The maximum atomic E-state index is 14.0. The molecule has 0 spiro atoms.